The summed E-state index contributed by atoms with van der Waals surface area (Å²) in [5, 5.41) is 0.988. The van der Waals surface area contributed by atoms with Gasteiger partial charge >= 0.3 is 0 Å². The van der Waals surface area contributed by atoms with Gasteiger partial charge < -0.3 is 9.64 Å². The van der Waals surface area contributed by atoms with Crippen molar-refractivity contribution in [3.05, 3.63) is 71.5 Å². The van der Waals surface area contributed by atoms with Gasteiger partial charge in [-0.05, 0) is 24.3 Å². The van der Waals surface area contributed by atoms with E-state index in [0.717, 1.165) is 23.0 Å². The van der Waals surface area contributed by atoms with Gasteiger partial charge in [0.1, 0.15) is 6.10 Å². The lowest BCUT2D eigenvalue weighted by atomic mass is 10.1. The summed E-state index contributed by atoms with van der Waals surface area (Å²) in [5.41, 5.74) is 0.308. The smallest absolute Gasteiger partial charge is 0.257 e. The Morgan fingerprint density at radius 3 is 2.70 bits per heavy atom. The third-order valence-electron chi connectivity index (χ3n) is 4.56. The molecule has 27 heavy (non-hydrogen) atoms. The average molecular weight is 372 g/mol. The Hall–Kier alpha value is -3.09. The lowest BCUT2D eigenvalue weighted by Crippen LogP contribution is -2.31. The molecule has 1 unspecified atom stereocenters. The minimum Gasteiger partial charge on any atom is -0.472 e. The lowest BCUT2D eigenvalue weighted by Gasteiger charge is -2.17. The quantitative estimate of drug-likeness (QED) is 0.654. The minimum absolute atomic E-state index is 0.214. The van der Waals surface area contributed by atoms with E-state index in [2.05, 4.69) is 4.98 Å². The van der Waals surface area contributed by atoms with Gasteiger partial charge in [0.15, 0.2) is 17.5 Å². The number of para-hydroxylation sites is 1. The van der Waals surface area contributed by atoms with Crippen molar-refractivity contribution >= 4 is 16.8 Å². The van der Waals surface area contributed by atoms with Crippen LogP contribution < -0.4 is 4.74 Å². The number of halogens is 3. The number of rotatable bonds is 3. The maximum absolute atomic E-state index is 13.9. The predicted octanol–water partition coefficient (Wildman–Crippen LogP) is 3.95. The zero-order valence-corrected chi connectivity index (χ0v) is 14.2. The summed E-state index contributed by atoms with van der Waals surface area (Å²) in [6.07, 6.45) is 0.224. The van der Waals surface area contributed by atoms with Crippen molar-refractivity contribution in [2.75, 3.05) is 13.1 Å². The second-order valence-electron chi connectivity index (χ2n) is 6.34. The van der Waals surface area contributed by atoms with Crippen molar-refractivity contribution in [1.29, 1.82) is 0 Å². The van der Waals surface area contributed by atoms with E-state index < -0.39 is 28.9 Å². The number of hydrogen-bond donors (Lipinski definition) is 0. The van der Waals surface area contributed by atoms with E-state index in [4.69, 9.17) is 4.74 Å². The molecule has 0 radical (unpaired) electrons. The molecule has 0 aliphatic carbocycles. The largest absolute Gasteiger partial charge is 0.472 e. The standard InChI is InChI=1S/C20H15F3N2O2/c21-15-7-6-14(18(22)19(15)23)20(26)25-10-9-13(11-25)27-17-8-5-12-3-1-2-4-16(12)24-17/h1-8,13H,9-11H2. The minimum atomic E-state index is -1.65. The predicted molar refractivity (Wildman–Crippen MR) is 93.0 cm³/mol. The Morgan fingerprint density at radius 1 is 1.04 bits per heavy atom. The Bertz CT molecular complexity index is 1030. The van der Waals surface area contributed by atoms with E-state index in [1.54, 1.807) is 6.07 Å². The molecule has 3 aromatic rings. The van der Waals surface area contributed by atoms with Crippen LogP contribution in [0.25, 0.3) is 10.9 Å². The van der Waals surface area contributed by atoms with Gasteiger partial charge in [-0.3, -0.25) is 4.79 Å². The zero-order valence-electron chi connectivity index (χ0n) is 14.2. The summed E-state index contributed by atoms with van der Waals surface area (Å²) in [6, 6.07) is 13.0. The summed E-state index contributed by atoms with van der Waals surface area (Å²) >= 11 is 0. The van der Waals surface area contributed by atoms with Crippen LogP contribution in [-0.2, 0) is 0 Å². The van der Waals surface area contributed by atoms with Crippen LogP contribution in [0, 0.1) is 17.5 Å². The summed E-state index contributed by atoms with van der Waals surface area (Å²) in [5.74, 6) is -4.70. The number of pyridine rings is 1. The van der Waals surface area contributed by atoms with Gasteiger partial charge in [0.25, 0.3) is 5.91 Å². The molecular weight excluding hydrogens is 357 g/mol. The molecule has 4 nitrogen and oxygen atoms in total. The Morgan fingerprint density at radius 2 is 1.85 bits per heavy atom. The molecule has 0 spiro atoms. The lowest BCUT2D eigenvalue weighted by molar-refractivity contribution is 0.0765. The molecular formula is C20H15F3N2O2. The summed E-state index contributed by atoms with van der Waals surface area (Å²) in [7, 11) is 0. The first-order chi connectivity index (χ1) is 13.0. The van der Waals surface area contributed by atoms with Crippen molar-refractivity contribution in [2.45, 2.75) is 12.5 Å². The molecule has 7 heteroatoms. The first kappa shape index (κ1) is 17.3. The number of benzene rings is 2. The van der Waals surface area contributed by atoms with E-state index in [-0.39, 0.29) is 12.6 Å². The Balaban J connectivity index is 1.46. The third kappa shape index (κ3) is 3.32. The van der Waals surface area contributed by atoms with Crippen molar-refractivity contribution in [2.24, 2.45) is 0 Å². The van der Waals surface area contributed by atoms with Crippen LogP contribution in [0.5, 0.6) is 5.88 Å². The number of ether oxygens (including phenoxy) is 1. The molecule has 1 fully saturated rings. The molecule has 1 amide bonds. The zero-order chi connectivity index (χ0) is 19.0. The second kappa shape index (κ2) is 6.90. The number of hydrogen-bond acceptors (Lipinski definition) is 3. The molecule has 1 aromatic heterocycles. The summed E-state index contributed by atoms with van der Waals surface area (Å²) in [4.78, 5) is 18.2. The van der Waals surface area contributed by atoms with Crippen LogP contribution >= 0.6 is 0 Å². The van der Waals surface area contributed by atoms with Gasteiger partial charge in [0.05, 0.1) is 17.6 Å². The number of carbonyl (C=O) groups is 1. The van der Waals surface area contributed by atoms with Gasteiger partial charge in [-0.15, -0.1) is 0 Å². The number of likely N-dealkylation sites (tertiary alicyclic amines) is 1. The molecule has 0 bridgehead atoms. The van der Waals surface area contributed by atoms with Gasteiger partial charge in [-0.1, -0.05) is 18.2 Å². The van der Waals surface area contributed by atoms with Gasteiger partial charge in [-0.25, -0.2) is 18.2 Å². The highest BCUT2D eigenvalue weighted by molar-refractivity contribution is 5.94. The van der Waals surface area contributed by atoms with Crippen molar-refractivity contribution in [3.63, 3.8) is 0 Å². The number of amides is 1. The van der Waals surface area contributed by atoms with Crippen LogP contribution in [-0.4, -0.2) is 35.0 Å². The van der Waals surface area contributed by atoms with Crippen LogP contribution in [0.15, 0.2) is 48.5 Å². The highest BCUT2D eigenvalue weighted by Gasteiger charge is 2.31. The van der Waals surface area contributed by atoms with Crippen LogP contribution in [0.4, 0.5) is 13.2 Å². The Labute approximate surface area is 153 Å². The molecule has 2 heterocycles. The first-order valence-corrected chi connectivity index (χ1v) is 8.48. The second-order valence-corrected chi connectivity index (χ2v) is 6.34. The number of aromatic nitrogens is 1. The van der Waals surface area contributed by atoms with Crippen molar-refractivity contribution in [3.8, 4) is 5.88 Å². The van der Waals surface area contributed by atoms with E-state index in [1.165, 1.54) is 4.90 Å². The number of nitrogens with zero attached hydrogens (tertiary/aromatic N) is 2. The number of carbonyl (C=O) groups excluding carboxylic acids is 1. The first-order valence-electron chi connectivity index (χ1n) is 8.48. The van der Waals surface area contributed by atoms with Gasteiger partial charge in [0, 0.05) is 24.4 Å². The highest BCUT2D eigenvalue weighted by atomic mass is 19.2. The van der Waals surface area contributed by atoms with E-state index in [0.29, 0.717) is 18.8 Å². The molecule has 0 N–H and O–H groups in total. The van der Waals surface area contributed by atoms with Crippen LogP contribution in [0.2, 0.25) is 0 Å². The molecule has 138 valence electrons. The van der Waals surface area contributed by atoms with Gasteiger partial charge in [-0.2, -0.15) is 0 Å². The fourth-order valence-corrected chi connectivity index (χ4v) is 3.15. The van der Waals surface area contributed by atoms with Crippen LogP contribution in [0.1, 0.15) is 16.8 Å². The van der Waals surface area contributed by atoms with Crippen LogP contribution in [0.3, 0.4) is 0 Å². The SMILES string of the molecule is O=C(c1ccc(F)c(F)c1F)N1CCC(Oc2ccc3ccccc3n2)C1. The molecule has 0 saturated carbocycles. The molecule has 1 saturated heterocycles. The maximum Gasteiger partial charge on any atom is 0.257 e. The topological polar surface area (TPSA) is 42.4 Å². The fraction of sp³-hybridized carbons (Fsp3) is 0.200. The maximum atomic E-state index is 13.9. The Kier molecular flexibility index (Phi) is 4.43. The van der Waals surface area contributed by atoms with Gasteiger partial charge in [0.2, 0.25) is 5.88 Å². The summed E-state index contributed by atoms with van der Waals surface area (Å²) < 4.78 is 46.1. The third-order valence-corrected chi connectivity index (χ3v) is 4.56. The summed E-state index contributed by atoms with van der Waals surface area (Å²) in [6.45, 7) is 0.543. The highest BCUT2D eigenvalue weighted by Crippen LogP contribution is 2.23. The van der Waals surface area contributed by atoms with Crippen molar-refractivity contribution < 1.29 is 22.7 Å². The molecule has 1 atom stereocenters. The number of fused-ring (bicyclic) bond motifs is 1. The monoisotopic (exact) mass is 372 g/mol. The fourth-order valence-electron chi connectivity index (χ4n) is 3.15. The normalized spacial score (nSPS) is 16.7. The van der Waals surface area contributed by atoms with Crippen molar-refractivity contribution in [1.82, 2.24) is 9.88 Å². The van der Waals surface area contributed by atoms with E-state index in [9.17, 15) is 18.0 Å². The molecule has 1 aliphatic heterocycles. The van der Waals surface area contributed by atoms with E-state index in [1.807, 2.05) is 30.3 Å². The molecule has 4 rings (SSSR count). The average Bonchev–Trinajstić information content (AvgIpc) is 3.14. The molecule has 1 aliphatic rings. The van der Waals surface area contributed by atoms with E-state index >= 15 is 0 Å². The molecule has 2 aromatic carbocycles.